The quantitative estimate of drug-likeness (QED) is 0.353. The number of rotatable bonds is 2. The van der Waals surface area contributed by atoms with E-state index in [0.29, 0.717) is 0 Å². The van der Waals surface area contributed by atoms with Gasteiger partial charge in [-0.25, -0.2) is 0 Å². The minimum Gasteiger partial charge on any atom is -0.341 e. The number of halogens is 1. The molecule has 14 heavy (non-hydrogen) atoms. The zero-order chi connectivity index (χ0) is 10.8. The third-order valence-electron chi connectivity index (χ3n) is 2.06. The summed E-state index contributed by atoms with van der Waals surface area (Å²) in [5.41, 5.74) is 3.29. The number of amides is 1. The predicted molar refractivity (Wildman–Crippen MR) is 65.0 cm³/mol. The van der Waals surface area contributed by atoms with Gasteiger partial charge in [-0.2, -0.15) is 0 Å². The van der Waals surface area contributed by atoms with E-state index < -0.39 is 8.07 Å². The van der Waals surface area contributed by atoms with Crippen molar-refractivity contribution in [2.45, 2.75) is 32.1 Å². The first-order valence-electron chi connectivity index (χ1n) is 4.83. The molecule has 0 aliphatic carbocycles. The summed E-state index contributed by atoms with van der Waals surface area (Å²) in [6.45, 7) is 6.62. The molecule has 1 aliphatic heterocycles. The molecule has 0 spiro atoms. The van der Waals surface area contributed by atoms with Gasteiger partial charge in [-0.05, 0) is 6.42 Å². The summed E-state index contributed by atoms with van der Waals surface area (Å²) < 4.78 is 0. The van der Waals surface area contributed by atoms with Crippen molar-refractivity contribution in [1.29, 1.82) is 0 Å². The number of carbonyl (C=O) groups is 1. The number of nitrogens with one attached hydrogen (secondary N) is 1. The third-order valence-corrected chi connectivity index (χ3v) is 3.41. The van der Waals surface area contributed by atoms with Crippen LogP contribution in [-0.2, 0) is 4.79 Å². The summed E-state index contributed by atoms with van der Waals surface area (Å²) in [6.07, 6.45) is 0.886. The Morgan fingerprint density at radius 2 is 2.14 bits per heavy atom. The van der Waals surface area contributed by atoms with Gasteiger partial charge in [0.2, 0.25) is 5.91 Å². The van der Waals surface area contributed by atoms with Crippen molar-refractivity contribution in [2.75, 3.05) is 5.33 Å². The molecule has 1 aliphatic rings. The molecule has 1 saturated heterocycles. The van der Waals surface area contributed by atoms with Gasteiger partial charge in [-0.1, -0.05) is 41.5 Å². The van der Waals surface area contributed by atoms with Crippen LogP contribution in [0.4, 0.5) is 0 Å². The molecule has 1 rings (SSSR count). The highest BCUT2D eigenvalue weighted by molar-refractivity contribution is 9.09. The number of carbonyl (C=O) groups excluding carboxylic acids is 1. The first-order valence-corrected chi connectivity index (χ1v) is 9.45. The Labute approximate surface area is 95.0 Å². The first-order chi connectivity index (χ1) is 6.44. The molecule has 0 radical (unpaired) electrons. The Morgan fingerprint density at radius 1 is 1.50 bits per heavy atom. The SMILES string of the molecule is C[Si](C)(C)C#C[C@@H]1NC(=O)[C@@H]1CCBr. The maximum absolute atomic E-state index is 11.2. The van der Waals surface area contributed by atoms with E-state index in [1.807, 2.05) is 0 Å². The van der Waals surface area contributed by atoms with Gasteiger partial charge in [0.1, 0.15) is 14.1 Å². The first kappa shape index (κ1) is 11.8. The van der Waals surface area contributed by atoms with Crippen molar-refractivity contribution in [1.82, 2.24) is 5.32 Å². The van der Waals surface area contributed by atoms with Crippen LogP contribution in [0.3, 0.4) is 0 Å². The van der Waals surface area contributed by atoms with E-state index in [4.69, 9.17) is 0 Å². The third kappa shape index (κ3) is 3.14. The Balaban J connectivity index is 2.54. The topological polar surface area (TPSA) is 29.1 Å². The second-order valence-electron chi connectivity index (χ2n) is 4.59. The van der Waals surface area contributed by atoms with Crippen LogP contribution in [-0.4, -0.2) is 25.4 Å². The minimum atomic E-state index is -1.30. The molecule has 2 nitrogen and oxygen atoms in total. The monoisotopic (exact) mass is 273 g/mol. The largest absolute Gasteiger partial charge is 0.341 e. The molecule has 0 saturated carbocycles. The second-order valence-corrected chi connectivity index (χ2v) is 10.1. The van der Waals surface area contributed by atoms with Gasteiger partial charge < -0.3 is 5.32 Å². The predicted octanol–water partition coefficient (Wildman–Crippen LogP) is 1.77. The molecule has 1 heterocycles. The van der Waals surface area contributed by atoms with E-state index in [1.54, 1.807) is 0 Å². The lowest BCUT2D eigenvalue weighted by atomic mass is 9.89. The Morgan fingerprint density at radius 3 is 2.57 bits per heavy atom. The fourth-order valence-corrected chi connectivity index (χ4v) is 2.34. The molecule has 1 amide bonds. The van der Waals surface area contributed by atoms with Crippen molar-refractivity contribution in [3.05, 3.63) is 0 Å². The van der Waals surface area contributed by atoms with Crippen molar-refractivity contribution in [3.8, 4) is 11.5 Å². The van der Waals surface area contributed by atoms with E-state index >= 15 is 0 Å². The molecule has 2 atom stereocenters. The molecule has 1 N–H and O–H groups in total. The zero-order valence-corrected chi connectivity index (χ0v) is 11.4. The van der Waals surface area contributed by atoms with Crippen molar-refractivity contribution < 1.29 is 4.79 Å². The van der Waals surface area contributed by atoms with Crippen LogP contribution >= 0.6 is 15.9 Å². The molecule has 0 aromatic carbocycles. The van der Waals surface area contributed by atoms with Crippen molar-refractivity contribution >= 4 is 29.9 Å². The summed E-state index contributed by atoms with van der Waals surface area (Å²) >= 11 is 3.35. The van der Waals surface area contributed by atoms with E-state index in [2.05, 4.69) is 52.4 Å². The van der Waals surface area contributed by atoms with Gasteiger partial charge in [-0.15, -0.1) is 5.54 Å². The van der Waals surface area contributed by atoms with E-state index in [-0.39, 0.29) is 17.9 Å². The maximum atomic E-state index is 11.2. The molecule has 0 aromatic heterocycles. The van der Waals surface area contributed by atoms with Gasteiger partial charge in [0, 0.05) is 5.33 Å². The zero-order valence-electron chi connectivity index (χ0n) is 8.86. The molecule has 0 aromatic rings. The van der Waals surface area contributed by atoms with Crippen molar-refractivity contribution in [3.63, 3.8) is 0 Å². The second kappa shape index (κ2) is 4.50. The van der Waals surface area contributed by atoms with Crippen LogP contribution in [0.1, 0.15) is 6.42 Å². The van der Waals surface area contributed by atoms with Crippen LogP contribution < -0.4 is 5.32 Å². The Hall–Kier alpha value is -0.273. The summed E-state index contributed by atoms with van der Waals surface area (Å²) in [4.78, 5) is 11.2. The lowest BCUT2D eigenvalue weighted by molar-refractivity contribution is -0.133. The fraction of sp³-hybridized carbons (Fsp3) is 0.700. The van der Waals surface area contributed by atoms with Crippen LogP contribution in [0.5, 0.6) is 0 Å². The number of hydrogen-bond donors (Lipinski definition) is 1. The summed E-state index contributed by atoms with van der Waals surface area (Å²) in [5.74, 6) is 3.44. The highest BCUT2D eigenvalue weighted by atomic mass is 79.9. The van der Waals surface area contributed by atoms with Crippen LogP contribution in [0.25, 0.3) is 0 Å². The van der Waals surface area contributed by atoms with Gasteiger partial charge >= 0.3 is 0 Å². The highest BCUT2D eigenvalue weighted by Gasteiger charge is 2.37. The van der Waals surface area contributed by atoms with Crippen LogP contribution in [0.2, 0.25) is 19.6 Å². The average molecular weight is 274 g/mol. The molecule has 1 fully saturated rings. The van der Waals surface area contributed by atoms with Gasteiger partial charge in [0.15, 0.2) is 0 Å². The summed E-state index contributed by atoms with van der Waals surface area (Å²) in [6, 6.07) is 0.103. The number of β-lactam (4-membered cyclic amide) rings is 1. The number of alkyl halides is 1. The van der Waals surface area contributed by atoms with Crippen LogP contribution in [0.15, 0.2) is 0 Å². The van der Waals surface area contributed by atoms with Gasteiger partial charge in [0.05, 0.1) is 5.92 Å². The van der Waals surface area contributed by atoms with Gasteiger partial charge in [-0.3, -0.25) is 4.79 Å². The van der Waals surface area contributed by atoms with E-state index in [1.165, 1.54) is 0 Å². The molecule has 78 valence electrons. The lowest BCUT2D eigenvalue weighted by Crippen LogP contribution is -2.57. The molecule has 0 bridgehead atoms. The van der Waals surface area contributed by atoms with E-state index in [9.17, 15) is 4.79 Å². The highest BCUT2D eigenvalue weighted by Crippen LogP contribution is 2.19. The molecule has 4 heteroatoms. The van der Waals surface area contributed by atoms with Crippen LogP contribution in [0, 0.1) is 17.4 Å². The standard InChI is InChI=1S/C10H16BrNOSi/c1-14(2,3)7-5-9-8(4-6-11)10(13)12-9/h8-9H,4,6H2,1-3H3,(H,12,13)/t8-,9+/m1/s1. The fourth-order valence-electron chi connectivity index (χ4n) is 1.26. The van der Waals surface area contributed by atoms with Crippen molar-refractivity contribution in [2.24, 2.45) is 5.92 Å². The summed E-state index contributed by atoms with van der Waals surface area (Å²) in [5, 5.41) is 3.71. The minimum absolute atomic E-state index is 0.103. The lowest BCUT2D eigenvalue weighted by Gasteiger charge is -2.33. The molecular formula is C10H16BrNOSi. The smallest absolute Gasteiger partial charge is 0.227 e. The Bertz CT molecular complexity index is 287. The maximum Gasteiger partial charge on any atom is 0.227 e. The average Bonchev–Trinajstić information content (AvgIpc) is 2.06. The Kier molecular flexibility index (Phi) is 3.79. The molecular weight excluding hydrogens is 258 g/mol. The van der Waals surface area contributed by atoms with Gasteiger partial charge in [0.25, 0.3) is 0 Å². The number of hydrogen-bond acceptors (Lipinski definition) is 1. The summed E-state index contributed by atoms with van der Waals surface area (Å²) in [7, 11) is -1.30. The normalized spacial score (nSPS) is 25.9. The van der Waals surface area contributed by atoms with E-state index in [0.717, 1.165) is 11.8 Å². The molecule has 0 unspecified atom stereocenters.